The molecule has 1 atom stereocenters. The number of nitrogens with two attached hydrogens (primary N) is 1. The second kappa shape index (κ2) is 4.76. The lowest BCUT2D eigenvalue weighted by Crippen LogP contribution is -2.19. The number of esters is 1. The van der Waals surface area contributed by atoms with E-state index in [2.05, 4.69) is 6.07 Å². The van der Waals surface area contributed by atoms with Crippen LogP contribution in [0.25, 0.3) is 0 Å². The number of carbonyl (C=O) groups is 1. The van der Waals surface area contributed by atoms with E-state index in [-0.39, 0.29) is 5.97 Å². The predicted molar refractivity (Wildman–Crippen MR) is 65.6 cm³/mol. The fourth-order valence-corrected chi connectivity index (χ4v) is 3.36. The van der Waals surface area contributed by atoms with Crippen molar-refractivity contribution < 1.29 is 9.53 Å². The maximum atomic E-state index is 10.8. The molecule has 1 heterocycles. The standard InChI is InChI=1S/C12H14N2O2S/c1-7(15)16-6-8-2-3-9-10(5-13)12(14)17-11(9)4-8/h8H,2-4,6,14H2,1H3. The summed E-state index contributed by atoms with van der Waals surface area (Å²) in [6.07, 6.45) is 2.67. The maximum absolute atomic E-state index is 10.8. The molecule has 0 spiro atoms. The minimum atomic E-state index is -0.237. The number of ether oxygens (including phenoxy) is 1. The fraction of sp³-hybridized carbons (Fsp3) is 0.500. The van der Waals surface area contributed by atoms with Crippen LogP contribution in [-0.4, -0.2) is 12.6 Å². The van der Waals surface area contributed by atoms with Crippen LogP contribution in [0.15, 0.2) is 0 Å². The molecule has 17 heavy (non-hydrogen) atoms. The monoisotopic (exact) mass is 250 g/mol. The Bertz CT molecular complexity index is 487. The topological polar surface area (TPSA) is 76.1 Å². The van der Waals surface area contributed by atoms with Gasteiger partial charge in [0.2, 0.25) is 0 Å². The number of anilines is 1. The zero-order valence-corrected chi connectivity index (χ0v) is 10.5. The second-order valence-corrected chi connectivity index (χ2v) is 5.40. The van der Waals surface area contributed by atoms with Gasteiger partial charge in [-0.2, -0.15) is 5.26 Å². The Morgan fingerprint density at radius 2 is 2.47 bits per heavy atom. The number of hydrogen-bond acceptors (Lipinski definition) is 5. The lowest BCUT2D eigenvalue weighted by Gasteiger charge is -2.21. The molecule has 1 aromatic heterocycles. The summed E-state index contributed by atoms with van der Waals surface area (Å²) in [5, 5.41) is 9.63. The van der Waals surface area contributed by atoms with E-state index in [4.69, 9.17) is 15.7 Å². The molecule has 1 aromatic rings. The highest BCUT2D eigenvalue weighted by atomic mass is 32.1. The molecule has 0 aromatic carbocycles. The number of rotatable bonds is 2. The summed E-state index contributed by atoms with van der Waals surface area (Å²) in [5.41, 5.74) is 7.56. The highest BCUT2D eigenvalue weighted by Gasteiger charge is 2.25. The normalized spacial score (nSPS) is 18.2. The Morgan fingerprint density at radius 3 is 3.12 bits per heavy atom. The van der Waals surface area contributed by atoms with Crippen molar-refractivity contribution in [2.75, 3.05) is 12.3 Å². The number of hydrogen-bond donors (Lipinski definition) is 1. The van der Waals surface area contributed by atoms with Crippen molar-refractivity contribution in [3.8, 4) is 6.07 Å². The molecule has 2 rings (SSSR count). The van der Waals surface area contributed by atoms with Gasteiger partial charge in [-0.1, -0.05) is 0 Å². The van der Waals surface area contributed by atoms with Crippen LogP contribution >= 0.6 is 11.3 Å². The summed E-state index contributed by atoms with van der Waals surface area (Å²) in [5.74, 6) is 0.121. The van der Waals surface area contributed by atoms with Crippen molar-refractivity contribution in [1.82, 2.24) is 0 Å². The van der Waals surface area contributed by atoms with Crippen LogP contribution in [0.4, 0.5) is 5.00 Å². The van der Waals surface area contributed by atoms with Gasteiger partial charge in [-0.25, -0.2) is 0 Å². The van der Waals surface area contributed by atoms with Gasteiger partial charge in [0.15, 0.2) is 0 Å². The molecule has 0 radical (unpaired) electrons. The van der Waals surface area contributed by atoms with E-state index in [1.807, 2.05) is 0 Å². The van der Waals surface area contributed by atoms with Gasteiger partial charge in [-0.15, -0.1) is 11.3 Å². The summed E-state index contributed by atoms with van der Waals surface area (Å²) in [4.78, 5) is 11.9. The summed E-state index contributed by atoms with van der Waals surface area (Å²) in [6, 6.07) is 2.17. The molecule has 2 N–H and O–H groups in total. The highest BCUT2D eigenvalue weighted by molar-refractivity contribution is 7.16. The van der Waals surface area contributed by atoms with E-state index in [9.17, 15) is 4.79 Å². The van der Waals surface area contributed by atoms with Crippen molar-refractivity contribution in [3.63, 3.8) is 0 Å². The molecule has 90 valence electrons. The Labute approximate surface area is 104 Å². The molecule has 1 aliphatic carbocycles. The van der Waals surface area contributed by atoms with Gasteiger partial charge in [0.05, 0.1) is 12.2 Å². The van der Waals surface area contributed by atoms with Crippen LogP contribution in [0.3, 0.4) is 0 Å². The minimum absolute atomic E-state index is 0.237. The average molecular weight is 250 g/mol. The largest absolute Gasteiger partial charge is 0.466 e. The van der Waals surface area contributed by atoms with Crippen molar-refractivity contribution in [2.45, 2.75) is 26.2 Å². The van der Waals surface area contributed by atoms with Gasteiger partial charge in [0.25, 0.3) is 0 Å². The molecule has 1 unspecified atom stereocenters. The first-order valence-corrected chi connectivity index (χ1v) is 6.37. The lowest BCUT2D eigenvalue weighted by molar-refractivity contribution is -0.142. The van der Waals surface area contributed by atoms with Gasteiger partial charge in [-0.05, 0) is 30.7 Å². The maximum Gasteiger partial charge on any atom is 0.302 e. The van der Waals surface area contributed by atoms with Gasteiger partial charge in [0, 0.05) is 11.8 Å². The smallest absolute Gasteiger partial charge is 0.302 e. The lowest BCUT2D eigenvalue weighted by atomic mass is 9.88. The van der Waals surface area contributed by atoms with Crippen molar-refractivity contribution in [2.24, 2.45) is 5.92 Å². The Hall–Kier alpha value is -1.54. The third-order valence-corrected chi connectivity index (χ3v) is 4.11. The molecule has 0 amide bonds. The number of carbonyl (C=O) groups excluding carboxylic acids is 1. The molecule has 0 aliphatic heterocycles. The van der Waals surface area contributed by atoms with Gasteiger partial charge in [-0.3, -0.25) is 4.79 Å². The van der Waals surface area contributed by atoms with E-state index in [0.29, 0.717) is 23.1 Å². The molecule has 0 saturated carbocycles. The van der Waals surface area contributed by atoms with Gasteiger partial charge in [0.1, 0.15) is 11.1 Å². The third kappa shape index (κ3) is 2.42. The van der Waals surface area contributed by atoms with Crippen LogP contribution in [0, 0.1) is 17.2 Å². The predicted octanol–water partition coefficient (Wildman–Crippen LogP) is 1.87. The van der Waals surface area contributed by atoms with E-state index in [1.165, 1.54) is 23.1 Å². The van der Waals surface area contributed by atoms with Crippen LogP contribution in [0.1, 0.15) is 29.3 Å². The van der Waals surface area contributed by atoms with E-state index in [1.54, 1.807) is 0 Å². The first kappa shape index (κ1) is 11.9. The van der Waals surface area contributed by atoms with Crippen LogP contribution < -0.4 is 5.73 Å². The Morgan fingerprint density at radius 1 is 1.71 bits per heavy atom. The summed E-state index contributed by atoms with van der Waals surface area (Å²) in [6.45, 7) is 1.89. The van der Waals surface area contributed by atoms with E-state index < -0.39 is 0 Å². The highest BCUT2D eigenvalue weighted by Crippen LogP contribution is 2.37. The molecule has 1 aliphatic rings. The number of nitrogens with zero attached hydrogens (tertiary/aromatic N) is 1. The Kier molecular flexibility index (Phi) is 3.34. The molecule has 5 heteroatoms. The zero-order chi connectivity index (χ0) is 12.4. The van der Waals surface area contributed by atoms with Crippen LogP contribution in [0.5, 0.6) is 0 Å². The Balaban J connectivity index is 2.10. The minimum Gasteiger partial charge on any atom is -0.466 e. The molecular weight excluding hydrogens is 236 g/mol. The number of thiophene rings is 1. The SMILES string of the molecule is CC(=O)OCC1CCc2c(sc(N)c2C#N)C1. The molecule has 0 fully saturated rings. The third-order valence-electron chi connectivity index (χ3n) is 3.03. The molecular formula is C12H14N2O2S. The van der Waals surface area contributed by atoms with Crippen LogP contribution in [-0.2, 0) is 22.4 Å². The zero-order valence-electron chi connectivity index (χ0n) is 9.66. The van der Waals surface area contributed by atoms with Gasteiger partial charge < -0.3 is 10.5 Å². The van der Waals surface area contributed by atoms with Crippen molar-refractivity contribution in [3.05, 3.63) is 16.0 Å². The average Bonchev–Trinajstić information content (AvgIpc) is 2.60. The first-order valence-electron chi connectivity index (χ1n) is 5.55. The van der Waals surface area contributed by atoms with Gasteiger partial charge >= 0.3 is 5.97 Å². The number of nitrogen functional groups attached to an aromatic ring is 1. The second-order valence-electron chi connectivity index (χ2n) is 4.27. The quantitative estimate of drug-likeness (QED) is 0.813. The molecule has 0 saturated heterocycles. The number of fused-ring (bicyclic) bond motifs is 1. The van der Waals surface area contributed by atoms with Crippen LogP contribution in [0.2, 0.25) is 0 Å². The first-order chi connectivity index (χ1) is 8.11. The summed E-state index contributed by atoms with van der Waals surface area (Å²) in [7, 11) is 0. The molecule has 0 bridgehead atoms. The van der Waals surface area contributed by atoms with E-state index in [0.717, 1.165) is 24.8 Å². The summed E-state index contributed by atoms with van der Waals surface area (Å²) >= 11 is 1.49. The van der Waals surface area contributed by atoms with Crippen molar-refractivity contribution in [1.29, 1.82) is 5.26 Å². The molecule has 4 nitrogen and oxygen atoms in total. The number of nitriles is 1. The summed E-state index contributed by atoms with van der Waals surface area (Å²) < 4.78 is 5.03. The fourth-order valence-electron chi connectivity index (χ4n) is 2.18. The van der Waals surface area contributed by atoms with Crippen molar-refractivity contribution >= 4 is 22.3 Å². The van der Waals surface area contributed by atoms with E-state index >= 15 is 0 Å².